The third-order valence-corrected chi connectivity index (χ3v) is 4.11. The van der Waals surface area contributed by atoms with E-state index in [2.05, 4.69) is 19.2 Å². The molecule has 25 heavy (non-hydrogen) atoms. The Balaban J connectivity index is 1.97. The molecule has 4 heteroatoms. The number of carbonyl (C=O) groups excluding carboxylic acids is 1. The average Bonchev–Trinajstić information content (AvgIpc) is 2.60. The van der Waals surface area contributed by atoms with E-state index in [0.29, 0.717) is 18.8 Å². The lowest BCUT2D eigenvalue weighted by Crippen LogP contribution is -2.29. The molecule has 0 saturated carbocycles. The summed E-state index contributed by atoms with van der Waals surface area (Å²) >= 11 is 0. The van der Waals surface area contributed by atoms with Gasteiger partial charge in [0.2, 0.25) is 5.91 Å². The van der Waals surface area contributed by atoms with Crippen LogP contribution in [-0.2, 0) is 11.2 Å². The fourth-order valence-corrected chi connectivity index (χ4v) is 2.76. The Kier molecular flexibility index (Phi) is 6.99. The number of hydrogen-bond acceptors (Lipinski definition) is 2. The predicted octanol–water partition coefficient (Wildman–Crippen LogP) is 4.67. The molecule has 0 bridgehead atoms. The molecule has 0 heterocycles. The molecule has 1 amide bonds. The van der Waals surface area contributed by atoms with Gasteiger partial charge in [-0.05, 0) is 54.2 Å². The summed E-state index contributed by atoms with van der Waals surface area (Å²) in [6.45, 7) is 4.28. The Morgan fingerprint density at radius 2 is 1.72 bits per heavy atom. The number of nitrogens with one attached hydrogen (secondary N) is 1. The van der Waals surface area contributed by atoms with Crippen LogP contribution >= 0.6 is 0 Å². The number of ether oxygens (including phenoxy) is 1. The van der Waals surface area contributed by atoms with Gasteiger partial charge < -0.3 is 10.1 Å². The van der Waals surface area contributed by atoms with Crippen molar-refractivity contribution in [3.8, 4) is 5.75 Å². The highest BCUT2D eigenvalue weighted by atomic mass is 19.1. The fraction of sp³-hybridized carbons (Fsp3) is 0.381. The van der Waals surface area contributed by atoms with Gasteiger partial charge in [0.15, 0.2) is 0 Å². The van der Waals surface area contributed by atoms with Crippen LogP contribution < -0.4 is 10.1 Å². The molecule has 0 aliphatic carbocycles. The summed E-state index contributed by atoms with van der Waals surface area (Å²) in [6.07, 6.45) is 1.86. The lowest BCUT2D eigenvalue weighted by atomic mass is 9.96. The van der Waals surface area contributed by atoms with E-state index in [4.69, 9.17) is 4.74 Å². The molecule has 0 unspecified atom stereocenters. The number of carbonyl (C=O) groups is 1. The van der Waals surface area contributed by atoms with Gasteiger partial charge in [0.25, 0.3) is 0 Å². The molecule has 134 valence electrons. The zero-order chi connectivity index (χ0) is 18.2. The van der Waals surface area contributed by atoms with Gasteiger partial charge in [-0.3, -0.25) is 4.79 Å². The van der Waals surface area contributed by atoms with Crippen molar-refractivity contribution in [1.29, 1.82) is 0 Å². The molecule has 3 nitrogen and oxygen atoms in total. The highest BCUT2D eigenvalue weighted by molar-refractivity contribution is 5.76. The van der Waals surface area contributed by atoms with Crippen molar-refractivity contribution in [2.45, 2.75) is 39.2 Å². The molecule has 0 spiro atoms. The molecule has 0 fully saturated rings. The Bertz CT molecular complexity index is 665. The van der Waals surface area contributed by atoms with Crippen molar-refractivity contribution in [3.63, 3.8) is 0 Å². The third-order valence-electron chi connectivity index (χ3n) is 4.11. The maximum absolute atomic E-state index is 12.9. The number of amides is 1. The molecule has 0 saturated heterocycles. The largest absolute Gasteiger partial charge is 0.497 e. The smallest absolute Gasteiger partial charge is 0.220 e. The second-order valence-corrected chi connectivity index (χ2v) is 6.65. The van der Waals surface area contributed by atoms with Crippen molar-refractivity contribution in [3.05, 3.63) is 65.5 Å². The number of benzene rings is 2. The standard InChI is InChI=1S/C21H26FNO2/c1-15(2)14-20(17-7-11-19(25-3)12-8-17)23-21(24)13-6-16-4-9-18(22)10-5-16/h4-5,7-12,15,20H,6,13-14H2,1-3H3,(H,23,24)/t20-/m1/s1. The van der Waals surface area contributed by atoms with Crippen LogP contribution in [0.4, 0.5) is 4.39 Å². The highest BCUT2D eigenvalue weighted by Gasteiger charge is 2.16. The molecule has 0 aromatic heterocycles. The maximum Gasteiger partial charge on any atom is 0.220 e. The molecular weight excluding hydrogens is 317 g/mol. The minimum atomic E-state index is -0.260. The van der Waals surface area contributed by atoms with Gasteiger partial charge in [-0.15, -0.1) is 0 Å². The van der Waals surface area contributed by atoms with E-state index in [-0.39, 0.29) is 17.8 Å². The lowest BCUT2D eigenvalue weighted by Gasteiger charge is -2.21. The lowest BCUT2D eigenvalue weighted by molar-refractivity contribution is -0.121. The predicted molar refractivity (Wildman–Crippen MR) is 98.1 cm³/mol. The van der Waals surface area contributed by atoms with Crippen LogP contribution in [0.25, 0.3) is 0 Å². The van der Waals surface area contributed by atoms with Gasteiger partial charge in [0.1, 0.15) is 11.6 Å². The number of halogens is 1. The van der Waals surface area contributed by atoms with E-state index in [9.17, 15) is 9.18 Å². The van der Waals surface area contributed by atoms with Gasteiger partial charge in [0, 0.05) is 6.42 Å². The zero-order valence-electron chi connectivity index (χ0n) is 15.1. The SMILES string of the molecule is COc1ccc([C@@H](CC(C)C)NC(=O)CCc2ccc(F)cc2)cc1. The van der Waals surface area contributed by atoms with E-state index in [1.807, 2.05) is 24.3 Å². The Hall–Kier alpha value is -2.36. The minimum Gasteiger partial charge on any atom is -0.497 e. The molecule has 1 N–H and O–H groups in total. The van der Waals surface area contributed by atoms with Crippen LogP contribution in [0.5, 0.6) is 5.75 Å². The van der Waals surface area contributed by atoms with Gasteiger partial charge in [-0.1, -0.05) is 38.1 Å². The maximum atomic E-state index is 12.9. The second-order valence-electron chi connectivity index (χ2n) is 6.65. The zero-order valence-corrected chi connectivity index (χ0v) is 15.1. The quantitative estimate of drug-likeness (QED) is 0.756. The van der Waals surface area contributed by atoms with E-state index >= 15 is 0 Å². The van der Waals surface area contributed by atoms with Gasteiger partial charge in [-0.2, -0.15) is 0 Å². The third kappa shape index (κ3) is 6.22. The van der Waals surface area contributed by atoms with Gasteiger partial charge in [0.05, 0.1) is 13.2 Å². The van der Waals surface area contributed by atoms with E-state index in [1.54, 1.807) is 19.2 Å². The topological polar surface area (TPSA) is 38.3 Å². The van der Waals surface area contributed by atoms with Crippen molar-refractivity contribution in [1.82, 2.24) is 5.32 Å². The Morgan fingerprint density at radius 3 is 2.28 bits per heavy atom. The molecule has 0 radical (unpaired) electrons. The molecule has 0 aliphatic rings. The number of hydrogen-bond donors (Lipinski definition) is 1. The number of methoxy groups -OCH3 is 1. The summed E-state index contributed by atoms with van der Waals surface area (Å²) in [6, 6.07) is 14.1. The van der Waals surface area contributed by atoms with Crippen molar-refractivity contribution < 1.29 is 13.9 Å². The number of aryl methyl sites for hydroxylation is 1. The first-order valence-electron chi connectivity index (χ1n) is 8.65. The van der Waals surface area contributed by atoms with Gasteiger partial charge in [-0.25, -0.2) is 4.39 Å². The van der Waals surface area contributed by atoms with E-state index in [1.165, 1.54) is 12.1 Å². The van der Waals surface area contributed by atoms with E-state index in [0.717, 1.165) is 23.3 Å². The summed E-state index contributed by atoms with van der Waals surface area (Å²) in [5.41, 5.74) is 2.03. The second kappa shape index (κ2) is 9.21. The first kappa shape index (κ1) is 19.0. The first-order chi connectivity index (χ1) is 12.0. The molecular formula is C21H26FNO2. The molecule has 0 aliphatic heterocycles. The summed E-state index contributed by atoms with van der Waals surface area (Å²) in [7, 11) is 1.64. The van der Waals surface area contributed by atoms with Crippen LogP contribution in [-0.4, -0.2) is 13.0 Å². The fourth-order valence-electron chi connectivity index (χ4n) is 2.76. The Morgan fingerprint density at radius 1 is 1.08 bits per heavy atom. The molecule has 1 atom stereocenters. The number of rotatable bonds is 8. The van der Waals surface area contributed by atoms with Crippen molar-refractivity contribution >= 4 is 5.91 Å². The molecule has 2 aromatic rings. The highest BCUT2D eigenvalue weighted by Crippen LogP contribution is 2.23. The minimum absolute atomic E-state index is 0.00536. The van der Waals surface area contributed by atoms with Crippen LogP contribution in [0.1, 0.15) is 43.9 Å². The molecule has 2 aromatic carbocycles. The van der Waals surface area contributed by atoms with Gasteiger partial charge >= 0.3 is 0 Å². The summed E-state index contributed by atoms with van der Waals surface area (Å²) in [5, 5.41) is 3.13. The molecule has 2 rings (SSSR count). The summed E-state index contributed by atoms with van der Waals surface area (Å²) in [5.74, 6) is 1.01. The van der Waals surface area contributed by atoms with Crippen molar-refractivity contribution in [2.75, 3.05) is 7.11 Å². The van der Waals surface area contributed by atoms with Crippen LogP contribution in [0.2, 0.25) is 0 Å². The Labute approximate surface area is 149 Å². The average molecular weight is 343 g/mol. The van der Waals surface area contributed by atoms with Crippen LogP contribution in [0.3, 0.4) is 0 Å². The summed E-state index contributed by atoms with van der Waals surface area (Å²) in [4.78, 5) is 12.4. The normalized spacial score (nSPS) is 12.0. The first-order valence-corrected chi connectivity index (χ1v) is 8.65. The monoisotopic (exact) mass is 343 g/mol. The van der Waals surface area contributed by atoms with Crippen LogP contribution in [0.15, 0.2) is 48.5 Å². The van der Waals surface area contributed by atoms with E-state index < -0.39 is 0 Å². The summed E-state index contributed by atoms with van der Waals surface area (Å²) < 4.78 is 18.1. The van der Waals surface area contributed by atoms with Crippen molar-refractivity contribution in [2.24, 2.45) is 5.92 Å². The van der Waals surface area contributed by atoms with Crippen LogP contribution in [0, 0.1) is 11.7 Å².